The lowest BCUT2D eigenvalue weighted by Crippen LogP contribution is -2.20. The number of hydrogen-bond acceptors (Lipinski definition) is 2. The molecule has 1 aliphatic carbocycles. The average Bonchev–Trinajstić information content (AvgIpc) is 3.08. The van der Waals surface area contributed by atoms with Gasteiger partial charge >= 0.3 is 0 Å². The highest BCUT2D eigenvalue weighted by molar-refractivity contribution is 5.92. The van der Waals surface area contributed by atoms with E-state index in [2.05, 4.69) is 31.1 Å². The Labute approximate surface area is 172 Å². The summed E-state index contributed by atoms with van der Waals surface area (Å²) in [4.78, 5) is 7.33. The van der Waals surface area contributed by atoms with Crippen LogP contribution in [0, 0.1) is 12.7 Å². The van der Waals surface area contributed by atoms with Gasteiger partial charge in [-0.05, 0) is 72.9 Å². The van der Waals surface area contributed by atoms with Gasteiger partial charge in [-0.2, -0.15) is 0 Å². The number of allylic oxidation sites excluding steroid dienone is 4. The maximum absolute atomic E-state index is 14.6. The molecule has 29 heavy (non-hydrogen) atoms. The van der Waals surface area contributed by atoms with Crippen molar-refractivity contribution in [3.63, 3.8) is 0 Å². The first-order valence-electron chi connectivity index (χ1n) is 10.7. The lowest BCUT2D eigenvalue weighted by atomic mass is 9.85. The predicted octanol–water partition coefficient (Wildman–Crippen LogP) is 6.53. The van der Waals surface area contributed by atoms with Crippen LogP contribution >= 0.6 is 0 Å². The summed E-state index contributed by atoms with van der Waals surface area (Å²) in [5.41, 5.74) is 11.3. The molecule has 0 bridgehead atoms. The van der Waals surface area contributed by atoms with Crippen molar-refractivity contribution in [3.8, 4) is 0 Å². The van der Waals surface area contributed by atoms with E-state index in [9.17, 15) is 4.39 Å². The van der Waals surface area contributed by atoms with Crippen LogP contribution in [-0.2, 0) is 19.4 Å². The third-order valence-corrected chi connectivity index (χ3v) is 6.76. The van der Waals surface area contributed by atoms with E-state index in [0.717, 1.165) is 78.8 Å². The molecule has 5 rings (SSSR count). The van der Waals surface area contributed by atoms with Crippen molar-refractivity contribution in [1.82, 2.24) is 9.88 Å². The molecule has 3 heteroatoms. The first-order valence-corrected chi connectivity index (χ1v) is 10.7. The molecule has 148 valence electrons. The Kier molecular flexibility index (Phi) is 4.23. The van der Waals surface area contributed by atoms with Crippen molar-refractivity contribution >= 4 is 16.6 Å². The van der Waals surface area contributed by atoms with Gasteiger partial charge in [0, 0.05) is 22.7 Å². The highest BCUT2D eigenvalue weighted by Crippen LogP contribution is 2.46. The average molecular weight is 387 g/mol. The molecule has 0 radical (unpaired) electrons. The van der Waals surface area contributed by atoms with Crippen LogP contribution in [0.1, 0.15) is 60.6 Å². The van der Waals surface area contributed by atoms with Crippen LogP contribution in [-0.4, -0.2) is 9.88 Å². The van der Waals surface area contributed by atoms with E-state index in [0.29, 0.717) is 0 Å². The molecule has 3 heterocycles. The van der Waals surface area contributed by atoms with Crippen LogP contribution in [0.25, 0.3) is 16.6 Å². The molecule has 2 nitrogen and oxygen atoms in total. The van der Waals surface area contributed by atoms with E-state index in [-0.39, 0.29) is 5.82 Å². The second-order valence-electron chi connectivity index (χ2n) is 8.44. The molecule has 1 aromatic carbocycles. The number of hydrogen-bond donors (Lipinski definition) is 0. The number of fused-ring (bicyclic) bond motifs is 4. The second-order valence-corrected chi connectivity index (χ2v) is 8.44. The first kappa shape index (κ1) is 18.4. The monoisotopic (exact) mass is 386 g/mol. The van der Waals surface area contributed by atoms with Gasteiger partial charge in [-0.15, -0.1) is 6.58 Å². The third kappa shape index (κ3) is 2.56. The standard InChI is InChI=1S/C26H27FN2/c1-5-8-17-12-24-26-21(14-29(24)16(4)19(17)9-6-2)20-11-7-10-18-15(3)22(27)13-23(28-26)25(18)20/h5,12-13H,1,4,6-11,14H2,2-3H3. The molecule has 1 aromatic heterocycles. The molecule has 0 spiro atoms. The van der Waals surface area contributed by atoms with Gasteiger partial charge < -0.3 is 4.90 Å². The molecule has 0 amide bonds. The SMILES string of the molecule is C=CCC1=C(CCC)C(=C)N2Cc3c(nc4cc(F)c(C)c5c4c3CCC5)C2=C1. The molecule has 0 N–H and O–H groups in total. The number of aryl methyl sites for hydroxylation is 2. The van der Waals surface area contributed by atoms with Crippen LogP contribution in [0.5, 0.6) is 0 Å². The van der Waals surface area contributed by atoms with Crippen molar-refractivity contribution in [2.75, 3.05) is 0 Å². The van der Waals surface area contributed by atoms with Crippen molar-refractivity contribution in [1.29, 1.82) is 0 Å². The minimum atomic E-state index is -0.137. The van der Waals surface area contributed by atoms with E-state index in [1.54, 1.807) is 6.07 Å². The number of halogens is 1. The molecule has 3 aliphatic rings. The molecule has 0 saturated heterocycles. The Morgan fingerprint density at radius 2 is 2.03 bits per heavy atom. The maximum atomic E-state index is 14.6. The minimum Gasteiger partial charge on any atom is -0.335 e. The van der Waals surface area contributed by atoms with Gasteiger partial charge in [-0.1, -0.05) is 26.0 Å². The zero-order valence-corrected chi connectivity index (χ0v) is 17.4. The molecule has 0 fully saturated rings. The molecule has 0 saturated carbocycles. The van der Waals surface area contributed by atoms with E-state index in [1.807, 2.05) is 13.0 Å². The summed E-state index contributed by atoms with van der Waals surface area (Å²) in [5, 5.41) is 1.20. The zero-order valence-electron chi connectivity index (χ0n) is 17.4. The fourth-order valence-corrected chi connectivity index (χ4v) is 5.36. The Hall–Kier alpha value is -2.68. The lowest BCUT2D eigenvalue weighted by Gasteiger charge is -2.30. The predicted molar refractivity (Wildman–Crippen MR) is 118 cm³/mol. The van der Waals surface area contributed by atoms with Gasteiger partial charge in [0.2, 0.25) is 0 Å². The van der Waals surface area contributed by atoms with Gasteiger partial charge in [-0.3, -0.25) is 0 Å². The van der Waals surface area contributed by atoms with Gasteiger partial charge in [0.1, 0.15) is 5.82 Å². The molecular formula is C26H27FN2. The molecule has 2 aliphatic heterocycles. The quantitative estimate of drug-likeness (QED) is 0.556. The fraction of sp³-hybridized carbons (Fsp3) is 0.346. The van der Waals surface area contributed by atoms with Crippen LogP contribution in [0.2, 0.25) is 0 Å². The largest absolute Gasteiger partial charge is 0.335 e. The highest BCUT2D eigenvalue weighted by Gasteiger charge is 2.35. The molecule has 2 aromatic rings. The summed E-state index contributed by atoms with van der Waals surface area (Å²) in [5.74, 6) is -0.137. The van der Waals surface area contributed by atoms with Crippen molar-refractivity contribution in [2.24, 2.45) is 0 Å². The zero-order chi connectivity index (χ0) is 20.3. The summed E-state index contributed by atoms with van der Waals surface area (Å²) in [6.07, 6.45) is 10.2. The second kappa shape index (κ2) is 6.69. The number of aromatic nitrogens is 1. The third-order valence-electron chi connectivity index (χ3n) is 6.76. The molecule has 0 atom stereocenters. The van der Waals surface area contributed by atoms with Crippen LogP contribution in [0.4, 0.5) is 4.39 Å². The van der Waals surface area contributed by atoms with Gasteiger partial charge in [0.15, 0.2) is 0 Å². The highest BCUT2D eigenvalue weighted by atomic mass is 19.1. The van der Waals surface area contributed by atoms with E-state index < -0.39 is 0 Å². The first-order chi connectivity index (χ1) is 14.0. The number of benzene rings is 1. The summed E-state index contributed by atoms with van der Waals surface area (Å²) in [6, 6.07) is 1.63. The number of rotatable bonds is 4. The summed E-state index contributed by atoms with van der Waals surface area (Å²) in [7, 11) is 0. The Bertz CT molecular complexity index is 1150. The van der Waals surface area contributed by atoms with Gasteiger partial charge in [-0.25, -0.2) is 9.37 Å². The van der Waals surface area contributed by atoms with Crippen LogP contribution in [0.15, 0.2) is 48.2 Å². The number of nitrogens with zero attached hydrogens (tertiary/aromatic N) is 2. The van der Waals surface area contributed by atoms with Crippen molar-refractivity contribution in [2.45, 2.75) is 58.9 Å². The lowest BCUT2D eigenvalue weighted by molar-refractivity contribution is 0.503. The van der Waals surface area contributed by atoms with E-state index >= 15 is 0 Å². The topological polar surface area (TPSA) is 16.1 Å². The summed E-state index contributed by atoms with van der Waals surface area (Å²) < 4.78 is 14.6. The minimum absolute atomic E-state index is 0.137. The van der Waals surface area contributed by atoms with E-state index in [1.165, 1.54) is 27.7 Å². The van der Waals surface area contributed by atoms with Gasteiger partial charge in [0.25, 0.3) is 0 Å². The maximum Gasteiger partial charge on any atom is 0.128 e. The molecule has 0 unspecified atom stereocenters. The Morgan fingerprint density at radius 3 is 2.79 bits per heavy atom. The number of pyridine rings is 1. The van der Waals surface area contributed by atoms with Crippen molar-refractivity contribution < 1.29 is 4.39 Å². The summed E-state index contributed by atoms with van der Waals surface area (Å²) >= 11 is 0. The van der Waals surface area contributed by atoms with Crippen LogP contribution < -0.4 is 0 Å². The van der Waals surface area contributed by atoms with E-state index in [4.69, 9.17) is 4.98 Å². The Morgan fingerprint density at radius 1 is 1.24 bits per heavy atom. The Balaban J connectivity index is 1.76. The van der Waals surface area contributed by atoms with Gasteiger partial charge in [0.05, 0.1) is 23.5 Å². The van der Waals surface area contributed by atoms with Crippen LogP contribution in [0.3, 0.4) is 0 Å². The fourth-order valence-electron chi connectivity index (χ4n) is 5.36. The normalized spacial score (nSPS) is 17.6. The summed E-state index contributed by atoms with van der Waals surface area (Å²) in [6.45, 7) is 13.3. The van der Waals surface area contributed by atoms with Crippen molar-refractivity contribution in [3.05, 3.63) is 82.0 Å². The smallest absolute Gasteiger partial charge is 0.128 e. The molecular weight excluding hydrogens is 359 g/mol.